The molecule has 1 aliphatic rings. The van der Waals surface area contributed by atoms with Crippen LogP contribution in [0.4, 0.5) is 4.39 Å². The lowest BCUT2D eigenvalue weighted by molar-refractivity contribution is 0.477. The Labute approximate surface area is 186 Å². The van der Waals surface area contributed by atoms with E-state index in [0.29, 0.717) is 5.69 Å². The summed E-state index contributed by atoms with van der Waals surface area (Å²) in [6, 6.07) is 20.8. The lowest BCUT2D eigenvalue weighted by Crippen LogP contribution is -2.60. The largest absolute Gasteiger partial charge is 0.321 e. The first-order valence-corrected chi connectivity index (χ1v) is 11.1. The average molecular weight is 433 g/mol. The van der Waals surface area contributed by atoms with Crippen LogP contribution in [0.1, 0.15) is 23.7 Å². The van der Waals surface area contributed by atoms with Crippen LogP contribution in [0.3, 0.4) is 0 Å². The quantitative estimate of drug-likeness (QED) is 0.558. The average Bonchev–Trinajstić information content (AvgIpc) is 2.78. The maximum atomic E-state index is 15.0. The van der Waals surface area contributed by atoms with E-state index in [-0.39, 0.29) is 12.2 Å². The molecule has 0 bridgehead atoms. The van der Waals surface area contributed by atoms with Gasteiger partial charge in [0.15, 0.2) is 0 Å². The molecule has 31 heavy (non-hydrogen) atoms. The fourth-order valence-electron chi connectivity index (χ4n) is 3.86. The molecule has 0 radical (unpaired) electrons. The van der Waals surface area contributed by atoms with Gasteiger partial charge in [-0.05, 0) is 24.1 Å². The van der Waals surface area contributed by atoms with Crippen molar-refractivity contribution in [3.05, 3.63) is 101 Å². The summed E-state index contributed by atoms with van der Waals surface area (Å²) in [4.78, 5) is 9.62. The Kier molecular flexibility index (Phi) is 6.32. The Morgan fingerprint density at radius 3 is 2.42 bits per heavy atom. The van der Waals surface area contributed by atoms with Gasteiger partial charge in [-0.2, -0.15) is 0 Å². The Morgan fingerprint density at radius 2 is 1.74 bits per heavy atom. The van der Waals surface area contributed by atoms with Gasteiger partial charge < -0.3 is 11.5 Å². The first kappa shape index (κ1) is 21.4. The first-order valence-electron chi connectivity index (χ1n) is 10.1. The molecule has 0 saturated carbocycles. The maximum Gasteiger partial charge on any atom is 0.145 e. The number of allylic oxidation sites excluding steroid dienone is 1. The van der Waals surface area contributed by atoms with E-state index in [9.17, 15) is 0 Å². The molecular formula is C25H25FN4S. The van der Waals surface area contributed by atoms with E-state index >= 15 is 4.39 Å². The summed E-state index contributed by atoms with van der Waals surface area (Å²) in [5, 5.41) is 0. The molecule has 2 heterocycles. The zero-order chi connectivity index (χ0) is 21.8. The van der Waals surface area contributed by atoms with Crippen LogP contribution in [0.2, 0.25) is 0 Å². The fourth-order valence-corrected chi connectivity index (χ4v) is 4.70. The van der Waals surface area contributed by atoms with Crippen molar-refractivity contribution in [2.75, 3.05) is 0 Å². The number of aliphatic imine (C=N–C) groups is 1. The lowest BCUT2D eigenvalue weighted by atomic mass is 9.75. The molecule has 0 amide bonds. The lowest BCUT2D eigenvalue weighted by Gasteiger charge is -2.39. The number of halogens is 1. The van der Waals surface area contributed by atoms with Gasteiger partial charge in [0.05, 0.1) is 17.3 Å². The summed E-state index contributed by atoms with van der Waals surface area (Å²) in [7, 11) is 0. The molecule has 1 aromatic heterocycles. The zero-order valence-corrected chi connectivity index (χ0v) is 18.1. The van der Waals surface area contributed by atoms with Crippen LogP contribution >= 0.6 is 11.8 Å². The molecule has 2 atom stereocenters. The molecule has 0 fully saturated rings. The minimum Gasteiger partial charge on any atom is -0.321 e. The van der Waals surface area contributed by atoms with E-state index in [0.717, 1.165) is 27.5 Å². The predicted molar refractivity (Wildman–Crippen MR) is 126 cm³/mol. The molecule has 4 nitrogen and oxygen atoms in total. The molecule has 1 aliphatic heterocycles. The van der Waals surface area contributed by atoms with Gasteiger partial charge in [-0.3, -0.25) is 9.98 Å². The van der Waals surface area contributed by atoms with Crippen molar-refractivity contribution in [1.29, 1.82) is 0 Å². The van der Waals surface area contributed by atoms with Crippen LogP contribution in [-0.2, 0) is 12.2 Å². The molecular weight excluding hydrogens is 407 g/mol. The Balaban J connectivity index is 1.59. The summed E-state index contributed by atoms with van der Waals surface area (Å²) >= 11 is 1.55. The van der Waals surface area contributed by atoms with Crippen LogP contribution in [0.25, 0.3) is 5.57 Å². The number of thioether (sulfide) groups is 1. The van der Waals surface area contributed by atoms with E-state index in [2.05, 4.69) is 22.1 Å². The number of hydrogen-bond acceptors (Lipinski definition) is 5. The molecule has 4 N–H and O–H groups in total. The highest BCUT2D eigenvalue weighted by atomic mass is 32.2. The van der Waals surface area contributed by atoms with Crippen molar-refractivity contribution >= 4 is 23.5 Å². The second-order valence-electron chi connectivity index (χ2n) is 7.72. The maximum absolute atomic E-state index is 15.0. The van der Waals surface area contributed by atoms with Gasteiger partial charge in [0, 0.05) is 40.8 Å². The Bertz CT molecular complexity index is 1110. The van der Waals surface area contributed by atoms with Gasteiger partial charge >= 0.3 is 0 Å². The highest BCUT2D eigenvalue weighted by molar-refractivity contribution is 7.98. The summed E-state index contributed by atoms with van der Waals surface area (Å²) in [5.41, 5.74) is 16.3. The van der Waals surface area contributed by atoms with Gasteiger partial charge in [-0.1, -0.05) is 60.7 Å². The monoisotopic (exact) mass is 432 g/mol. The third-order valence-electron chi connectivity index (χ3n) is 5.51. The Morgan fingerprint density at radius 1 is 1.06 bits per heavy atom. The van der Waals surface area contributed by atoms with Crippen LogP contribution < -0.4 is 11.5 Å². The predicted octanol–water partition coefficient (Wildman–Crippen LogP) is 4.60. The van der Waals surface area contributed by atoms with Crippen molar-refractivity contribution in [2.45, 2.75) is 35.6 Å². The van der Waals surface area contributed by atoms with Crippen molar-refractivity contribution in [3.8, 4) is 0 Å². The summed E-state index contributed by atoms with van der Waals surface area (Å²) in [6.07, 6.45) is 3.53. The molecule has 6 heteroatoms. The summed E-state index contributed by atoms with van der Waals surface area (Å²) in [5.74, 6) is 0.381. The van der Waals surface area contributed by atoms with Crippen molar-refractivity contribution in [2.24, 2.45) is 16.5 Å². The molecule has 0 aliphatic carbocycles. The minimum absolute atomic E-state index is 0.178. The van der Waals surface area contributed by atoms with Crippen molar-refractivity contribution in [1.82, 2.24) is 4.98 Å². The van der Waals surface area contributed by atoms with Gasteiger partial charge in [0.25, 0.3) is 0 Å². The van der Waals surface area contributed by atoms with Gasteiger partial charge in [-0.15, -0.1) is 11.8 Å². The number of rotatable bonds is 6. The number of aromatic nitrogens is 1. The van der Waals surface area contributed by atoms with Crippen LogP contribution in [-0.4, -0.2) is 22.8 Å². The van der Waals surface area contributed by atoms with E-state index in [1.807, 2.05) is 55.5 Å². The molecule has 4 rings (SSSR count). The molecule has 0 spiro atoms. The van der Waals surface area contributed by atoms with Gasteiger partial charge in [0.2, 0.25) is 0 Å². The number of hydrogen-bond donors (Lipinski definition) is 2. The smallest absolute Gasteiger partial charge is 0.145 e. The summed E-state index contributed by atoms with van der Waals surface area (Å²) in [6.45, 7) is 1.90. The second kappa shape index (κ2) is 9.14. The third kappa shape index (κ3) is 4.61. The van der Waals surface area contributed by atoms with Gasteiger partial charge in [0.1, 0.15) is 5.82 Å². The number of nitrogens with zero attached hydrogens (tertiary/aromatic N) is 2. The SMILES string of the molecule is CC1=C(c2ccccc2)C(N)(Cc2ncc(SCc3ccccc3)cc2F)C(N)C=N1. The zero-order valence-electron chi connectivity index (χ0n) is 17.3. The molecule has 158 valence electrons. The highest BCUT2D eigenvalue weighted by Crippen LogP contribution is 2.36. The number of benzene rings is 2. The van der Waals surface area contributed by atoms with E-state index in [1.165, 1.54) is 11.6 Å². The number of pyridine rings is 1. The molecule has 2 unspecified atom stereocenters. The van der Waals surface area contributed by atoms with Crippen LogP contribution in [0.15, 0.2) is 88.5 Å². The number of nitrogens with two attached hydrogens (primary N) is 2. The minimum atomic E-state index is -1.01. The Hall–Kier alpha value is -2.80. The van der Waals surface area contributed by atoms with E-state index < -0.39 is 11.6 Å². The third-order valence-corrected chi connectivity index (χ3v) is 6.55. The fraction of sp³-hybridized carbons (Fsp3) is 0.200. The highest BCUT2D eigenvalue weighted by Gasteiger charge is 2.41. The first-order chi connectivity index (χ1) is 15.0. The van der Waals surface area contributed by atoms with Crippen molar-refractivity contribution < 1.29 is 4.39 Å². The van der Waals surface area contributed by atoms with Crippen LogP contribution in [0, 0.1) is 5.82 Å². The molecule has 0 saturated heterocycles. The summed E-state index contributed by atoms with van der Waals surface area (Å²) < 4.78 is 15.0. The van der Waals surface area contributed by atoms with E-state index in [1.54, 1.807) is 24.2 Å². The van der Waals surface area contributed by atoms with Gasteiger partial charge in [-0.25, -0.2) is 4.39 Å². The molecule has 2 aromatic carbocycles. The topological polar surface area (TPSA) is 77.3 Å². The normalized spacial score (nSPS) is 20.8. The van der Waals surface area contributed by atoms with Crippen molar-refractivity contribution in [3.63, 3.8) is 0 Å². The van der Waals surface area contributed by atoms with Crippen LogP contribution in [0.5, 0.6) is 0 Å². The standard InChI is InChI=1S/C25H25FN4S/c1-17-24(19-10-6-3-7-11-19)25(28,23(27)15-29-17)13-22-21(26)12-20(14-30-22)31-16-18-8-4-2-5-9-18/h2-12,14-15,23H,13,16,27-28H2,1H3. The second-order valence-corrected chi connectivity index (χ2v) is 8.77. The molecule has 3 aromatic rings. The van der Waals surface area contributed by atoms with E-state index in [4.69, 9.17) is 11.5 Å².